The Morgan fingerprint density at radius 1 is 1.41 bits per heavy atom. The normalized spacial score (nSPS) is 18.9. The predicted molar refractivity (Wildman–Crippen MR) is 80.4 cm³/mol. The standard InChI is InChI=1S/C14H20FN3O3S/c1-10(12-3-2-4-13(15)9-12)17-14(19)11-5-7-18(8-6-11)22(16,20)21/h2-4,9-11H,5-8H2,1H3,(H,17,19)(H2,16,20,21)/t10-/m1/s1. The molecule has 0 bridgehead atoms. The highest BCUT2D eigenvalue weighted by molar-refractivity contribution is 7.86. The topological polar surface area (TPSA) is 92.5 Å². The fraction of sp³-hybridized carbons (Fsp3) is 0.500. The number of piperidine rings is 1. The van der Waals surface area contributed by atoms with Crippen LogP contribution >= 0.6 is 0 Å². The van der Waals surface area contributed by atoms with E-state index in [2.05, 4.69) is 5.32 Å². The molecule has 0 aromatic heterocycles. The molecule has 1 aromatic rings. The minimum absolute atomic E-state index is 0.147. The molecule has 1 aliphatic rings. The first kappa shape index (κ1) is 16.9. The second-order valence-electron chi connectivity index (χ2n) is 5.50. The molecule has 2 rings (SSSR count). The van der Waals surface area contributed by atoms with Crippen LogP contribution in [0.1, 0.15) is 31.4 Å². The minimum Gasteiger partial charge on any atom is -0.349 e. The van der Waals surface area contributed by atoms with E-state index in [4.69, 9.17) is 5.14 Å². The lowest BCUT2D eigenvalue weighted by Gasteiger charge is -2.29. The van der Waals surface area contributed by atoms with E-state index in [9.17, 15) is 17.6 Å². The summed E-state index contributed by atoms with van der Waals surface area (Å²) < 4.78 is 36.8. The Morgan fingerprint density at radius 2 is 2.05 bits per heavy atom. The van der Waals surface area contributed by atoms with E-state index in [0.717, 1.165) is 0 Å². The molecule has 0 saturated carbocycles. The van der Waals surface area contributed by atoms with Crippen LogP contribution in [0.2, 0.25) is 0 Å². The first-order chi connectivity index (χ1) is 10.3. The van der Waals surface area contributed by atoms with Gasteiger partial charge in [-0.2, -0.15) is 12.7 Å². The van der Waals surface area contributed by atoms with Gasteiger partial charge in [0.05, 0.1) is 6.04 Å². The third-order valence-corrected chi connectivity index (χ3v) is 4.98. The van der Waals surface area contributed by atoms with Crippen LogP contribution in [0.4, 0.5) is 4.39 Å². The van der Waals surface area contributed by atoms with Crippen LogP contribution in [0.25, 0.3) is 0 Å². The molecule has 1 amide bonds. The molecule has 1 atom stereocenters. The molecule has 8 heteroatoms. The molecule has 3 N–H and O–H groups in total. The fourth-order valence-corrected chi connectivity index (χ4v) is 3.28. The molecule has 6 nitrogen and oxygen atoms in total. The van der Waals surface area contributed by atoms with Crippen molar-refractivity contribution in [2.75, 3.05) is 13.1 Å². The van der Waals surface area contributed by atoms with Crippen molar-refractivity contribution in [1.82, 2.24) is 9.62 Å². The van der Waals surface area contributed by atoms with Crippen molar-refractivity contribution in [1.29, 1.82) is 0 Å². The summed E-state index contributed by atoms with van der Waals surface area (Å²) in [4.78, 5) is 12.2. The molecule has 22 heavy (non-hydrogen) atoms. The SMILES string of the molecule is C[C@@H](NC(=O)C1CCN(S(N)(=O)=O)CC1)c1cccc(F)c1. The molecule has 1 aliphatic heterocycles. The van der Waals surface area contributed by atoms with Gasteiger partial charge in [0.1, 0.15) is 5.82 Å². The number of carbonyl (C=O) groups is 1. The van der Waals surface area contributed by atoms with Crippen molar-refractivity contribution < 1.29 is 17.6 Å². The second kappa shape index (κ2) is 6.72. The van der Waals surface area contributed by atoms with Gasteiger partial charge in [0.15, 0.2) is 0 Å². The second-order valence-corrected chi connectivity index (χ2v) is 7.05. The zero-order valence-corrected chi connectivity index (χ0v) is 13.1. The number of benzene rings is 1. The number of nitrogens with one attached hydrogen (secondary N) is 1. The van der Waals surface area contributed by atoms with Crippen LogP contribution in [-0.2, 0) is 15.0 Å². The van der Waals surface area contributed by atoms with Crippen LogP contribution in [0, 0.1) is 11.7 Å². The number of amides is 1. The average Bonchev–Trinajstić information content (AvgIpc) is 2.46. The van der Waals surface area contributed by atoms with Crippen LogP contribution < -0.4 is 10.5 Å². The van der Waals surface area contributed by atoms with E-state index in [1.54, 1.807) is 19.1 Å². The Hall–Kier alpha value is -1.51. The smallest absolute Gasteiger partial charge is 0.276 e. The Morgan fingerprint density at radius 3 is 2.59 bits per heavy atom. The van der Waals surface area contributed by atoms with E-state index in [-0.39, 0.29) is 36.8 Å². The number of carbonyl (C=O) groups excluding carboxylic acids is 1. The Bertz CT molecular complexity index is 642. The highest BCUT2D eigenvalue weighted by Crippen LogP contribution is 2.20. The zero-order valence-electron chi connectivity index (χ0n) is 12.3. The number of hydrogen-bond donors (Lipinski definition) is 2. The molecular weight excluding hydrogens is 309 g/mol. The summed E-state index contributed by atoms with van der Waals surface area (Å²) in [5.74, 6) is -0.750. The first-order valence-corrected chi connectivity index (χ1v) is 8.61. The monoisotopic (exact) mass is 329 g/mol. The molecule has 1 fully saturated rings. The van der Waals surface area contributed by atoms with Gasteiger partial charge in [0.25, 0.3) is 10.2 Å². The quantitative estimate of drug-likeness (QED) is 0.860. The predicted octanol–water partition coefficient (Wildman–Crippen LogP) is 0.918. The van der Waals surface area contributed by atoms with E-state index in [1.807, 2.05) is 0 Å². The van der Waals surface area contributed by atoms with Gasteiger partial charge in [-0.3, -0.25) is 4.79 Å². The number of halogens is 1. The molecular formula is C14H20FN3O3S. The van der Waals surface area contributed by atoms with Crippen molar-refractivity contribution in [3.8, 4) is 0 Å². The van der Waals surface area contributed by atoms with E-state index in [1.165, 1.54) is 16.4 Å². The number of nitrogens with two attached hydrogens (primary N) is 1. The Balaban J connectivity index is 1.91. The number of nitrogens with zero attached hydrogens (tertiary/aromatic N) is 1. The summed E-state index contributed by atoms with van der Waals surface area (Å²) in [7, 11) is -3.69. The Kier molecular flexibility index (Phi) is 5.15. The van der Waals surface area contributed by atoms with Crippen molar-refractivity contribution in [2.45, 2.75) is 25.8 Å². The summed E-state index contributed by atoms with van der Waals surface area (Å²) in [5.41, 5.74) is 0.690. The first-order valence-electron chi connectivity index (χ1n) is 7.11. The molecule has 0 aliphatic carbocycles. The maximum atomic E-state index is 13.2. The van der Waals surface area contributed by atoms with Gasteiger partial charge >= 0.3 is 0 Å². The van der Waals surface area contributed by atoms with Gasteiger partial charge in [-0.05, 0) is 37.5 Å². The summed E-state index contributed by atoms with van der Waals surface area (Å²) >= 11 is 0. The highest BCUT2D eigenvalue weighted by atomic mass is 32.2. The molecule has 0 spiro atoms. The highest BCUT2D eigenvalue weighted by Gasteiger charge is 2.29. The molecule has 1 heterocycles. The van der Waals surface area contributed by atoms with Crippen LogP contribution in [0.3, 0.4) is 0 Å². The molecule has 0 radical (unpaired) electrons. The molecule has 1 saturated heterocycles. The molecule has 1 aromatic carbocycles. The van der Waals surface area contributed by atoms with Crippen molar-refractivity contribution >= 4 is 16.1 Å². The average molecular weight is 329 g/mol. The number of hydrogen-bond acceptors (Lipinski definition) is 3. The van der Waals surface area contributed by atoms with Gasteiger partial charge in [0, 0.05) is 19.0 Å². The number of rotatable bonds is 4. The van der Waals surface area contributed by atoms with Crippen molar-refractivity contribution in [3.63, 3.8) is 0 Å². The van der Waals surface area contributed by atoms with Crippen LogP contribution in [0.15, 0.2) is 24.3 Å². The minimum atomic E-state index is -3.69. The third-order valence-electron chi connectivity index (χ3n) is 3.89. The van der Waals surface area contributed by atoms with Gasteiger partial charge < -0.3 is 5.32 Å². The lowest BCUT2D eigenvalue weighted by atomic mass is 9.96. The van der Waals surface area contributed by atoms with Crippen molar-refractivity contribution in [3.05, 3.63) is 35.6 Å². The van der Waals surface area contributed by atoms with Gasteiger partial charge in [-0.1, -0.05) is 12.1 Å². The van der Waals surface area contributed by atoms with Gasteiger partial charge in [-0.15, -0.1) is 0 Å². The molecule has 0 unspecified atom stereocenters. The van der Waals surface area contributed by atoms with Crippen molar-refractivity contribution in [2.24, 2.45) is 11.1 Å². The molecule has 122 valence electrons. The largest absolute Gasteiger partial charge is 0.349 e. The van der Waals surface area contributed by atoms with Crippen LogP contribution in [0.5, 0.6) is 0 Å². The van der Waals surface area contributed by atoms with E-state index >= 15 is 0 Å². The van der Waals surface area contributed by atoms with Crippen LogP contribution in [-0.4, -0.2) is 31.7 Å². The van der Waals surface area contributed by atoms with Gasteiger partial charge in [0.2, 0.25) is 5.91 Å². The summed E-state index contributed by atoms with van der Waals surface area (Å²) in [6, 6.07) is 5.77. The van der Waals surface area contributed by atoms with Gasteiger partial charge in [-0.25, -0.2) is 9.53 Å². The summed E-state index contributed by atoms with van der Waals surface area (Å²) in [6.07, 6.45) is 0.857. The lowest BCUT2D eigenvalue weighted by Crippen LogP contribution is -2.45. The third kappa shape index (κ3) is 4.25. The summed E-state index contributed by atoms with van der Waals surface area (Å²) in [6.45, 7) is 2.27. The fourth-order valence-electron chi connectivity index (χ4n) is 2.56. The zero-order chi connectivity index (χ0) is 16.3. The Labute approximate surface area is 129 Å². The van der Waals surface area contributed by atoms with E-state index in [0.29, 0.717) is 18.4 Å². The lowest BCUT2D eigenvalue weighted by molar-refractivity contribution is -0.126. The van der Waals surface area contributed by atoms with E-state index < -0.39 is 10.2 Å². The maximum absolute atomic E-state index is 13.2. The maximum Gasteiger partial charge on any atom is 0.276 e. The summed E-state index contributed by atoms with van der Waals surface area (Å²) in [5, 5.41) is 7.91.